The SMILES string of the molecule is C.Cc1cc2c(-c3cnn4cc(N5CC(N6CCN(C)CC6)C5)cnc34)ccnc2cc1F.Cc1ccc2nccc(-c3cnn4cc(N5CCC(N6CCN(C)CC6)CC5)cnc34)c2c1. The first-order valence-corrected chi connectivity index (χ1v) is 23.2. The fourth-order valence-electron chi connectivity index (χ4n) is 10.2. The highest BCUT2D eigenvalue weighted by Crippen LogP contribution is 2.34. The Morgan fingerprint density at radius 1 is 0.530 bits per heavy atom. The molecule has 12 rings (SSSR count). The molecule has 0 spiro atoms. The van der Waals surface area contributed by atoms with Crippen molar-refractivity contribution in [3.8, 4) is 22.3 Å². The van der Waals surface area contributed by atoms with Crippen molar-refractivity contribution in [3.05, 3.63) is 109 Å². The van der Waals surface area contributed by atoms with Crippen LogP contribution in [0.3, 0.4) is 0 Å². The maximum absolute atomic E-state index is 14.0. The Balaban J connectivity index is 0.000000153. The highest BCUT2D eigenvalue weighted by Gasteiger charge is 2.34. The third-order valence-electron chi connectivity index (χ3n) is 14.4. The first-order valence-electron chi connectivity index (χ1n) is 23.2. The van der Waals surface area contributed by atoms with Crippen molar-refractivity contribution < 1.29 is 4.39 Å². The zero-order chi connectivity index (χ0) is 44.2. The van der Waals surface area contributed by atoms with Gasteiger partial charge in [-0.05, 0) is 87.8 Å². The number of piperazine rings is 2. The molecule has 6 aromatic heterocycles. The summed E-state index contributed by atoms with van der Waals surface area (Å²) >= 11 is 0. The largest absolute Gasteiger partial charge is 0.369 e. The van der Waals surface area contributed by atoms with E-state index in [0.29, 0.717) is 23.2 Å². The van der Waals surface area contributed by atoms with Gasteiger partial charge in [0.25, 0.3) is 0 Å². The van der Waals surface area contributed by atoms with Crippen molar-refractivity contribution in [1.29, 1.82) is 0 Å². The van der Waals surface area contributed by atoms with Gasteiger partial charge in [-0.2, -0.15) is 10.2 Å². The molecule has 14 nitrogen and oxygen atoms in total. The van der Waals surface area contributed by atoms with E-state index in [1.807, 2.05) is 52.1 Å². The fourth-order valence-corrected chi connectivity index (χ4v) is 10.2. The van der Waals surface area contributed by atoms with Crippen LogP contribution in [0, 0.1) is 19.7 Å². The van der Waals surface area contributed by atoms with Crippen molar-refractivity contribution >= 4 is 44.5 Å². The maximum atomic E-state index is 14.0. The Hall–Kier alpha value is -6.13. The molecule has 8 aromatic rings. The lowest BCUT2D eigenvalue weighted by atomic mass is 10.0. The molecule has 15 heteroatoms. The van der Waals surface area contributed by atoms with E-state index >= 15 is 0 Å². The summed E-state index contributed by atoms with van der Waals surface area (Å²) in [5.41, 5.74) is 11.5. The zero-order valence-corrected chi connectivity index (χ0v) is 37.9. The van der Waals surface area contributed by atoms with Crippen LogP contribution in [0.5, 0.6) is 0 Å². The Bertz CT molecular complexity index is 2990. The number of pyridine rings is 2. The van der Waals surface area contributed by atoms with Crippen LogP contribution in [0.2, 0.25) is 0 Å². The van der Waals surface area contributed by atoms with Gasteiger partial charge in [0.2, 0.25) is 0 Å². The molecule has 0 bridgehead atoms. The number of piperidine rings is 1. The van der Waals surface area contributed by atoms with Gasteiger partial charge in [0.05, 0.1) is 59.6 Å². The predicted molar refractivity (Wildman–Crippen MR) is 263 cm³/mol. The second-order valence-corrected chi connectivity index (χ2v) is 18.6. The quantitative estimate of drug-likeness (QED) is 0.173. The molecule has 342 valence electrons. The molecule has 0 saturated carbocycles. The first-order chi connectivity index (χ1) is 31.7. The number of nitrogens with zero attached hydrogens (tertiary/aromatic N) is 14. The van der Waals surface area contributed by atoms with Crippen LogP contribution in [-0.4, -0.2) is 163 Å². The Kier molecular flexibility index (Phi) is 12.1. The normalized spacial score (nSPS) is 18.5. The van der Waals surface area contributed by atoms with E-state index in [-0.39, 0.29) is 13.2 Å². The summed E-state index contributed by atoms with van der Waals surface area (Å²) in [5, 5.41) is 11.3. The van der Waals surface area contributed by atoms with Crippen LogP contribution in [-0.2, 0) is 0 Å². The summed E-state index contributed by atoms with van der Waals surface area (Å²) in [6, 6.07) is 15.1. The number of halogens is 1. The van der Waals surface area contributed by atoms with E-state index in [0.717, 1.165) is 114 Å². The van der Waals surface area contributed by atoms with E-state index < -0.39 is 0 Å². The smallest absolute Gasteiger partial charge is 0.162 e. The number of likely N-dealkylation sites (N-methyl/N-ethyl adjacent to an activating group) is 2. The van der Waals surface area contributed by atoms with E-state index in [9.17, 15) is 4.39 Å². The van der Waals surface area contributed by atoms with Crippen LogP contribution in [0.1, 0.15) is 31.4 Å². The van der Waals surface area contributed by atoms with E-state index in [2.05, 4.69) is 107 Å². The minimum atomic E-state index is -0.241. The van der Waals surface area contributed by atoms with Gasteiger partial charge in [0.1, 0.15) is 5.82 Å². The molecule has 4 aliphatic rings. The number of benzene rings is 2. The van der Waals surface area contributed by atoms with E-state index in [1.54, 1.807) is 13.1 Å². The number of aryl methyl sites for hydroxylation is 2. The van der Waals surface area contributed by atoms with Crippen molar-refractivity contribution in [2.75, 3.05) is 102 Å². The highest BCUT2D eigenvalue weighted by molar-refractivity contribution is 5.99. The van der Waals surface area contributed by atoms with Crippen molar-refractivity contribution in [2.24, 2.45) is 0 Å². The van der Waals surface area contributed by atoms with Gasteiger partial charge in [0.15, 0.2) is 11.3 Å². The highest BCUT2D eigenvalue weighted by atomic mass is 19.1. The number of hydrogen-bond acceptors (Lipinski definition) is 12. The second-order valence-electron chi connectivity index (χ2n) is 18.6. The third-order valence-corrected chi connectivity index (χ3v) is 14.4. The third kappa shape index (κ3) is 8.45. The summed E-state index contributed by atoms with van der Waals surface area (Å²) < 4.78 is 17.8. The lowest BCUT2D eigenvalue weighted by molar-refractivity contribution is 0.0963. The molecule has 4 aliphatic heterocycles. The van der Waals surface area contributed by atoms with Crippen LogP contribution in [0.25, 0.3) is 55.4 Å². The van der Waals surface area contributed by atoms with Crippen LogP contribution < -0.4 is 9.80 Å². The van der Waals surface area contributed by atoms with Gasteiger partial charge in [0, 0.05) is 131 Å². The van der Waals surface area contributed by atoms with Gasteiger partial charge in [-0.1, -0.05) is 19.1 Å². The summed E-state index contributed by atoms with van der Waals surface area (Å²) in [7, 11) is 4.42. The Labute approximate surface area is 386 Å². The lowest BCUT2D eigenvalue weighted by Crippen LogP contribution is -2.63. The van der Waals surface area contributed by atoms with Gasteiger partial charge in [-0.25, -0.2) is 23.4 Å². The van der Waals surface area contributed by atoms with Gasteiger partial charge in [-0.3, -0.25) is 19.8 Å². The van der Waals surface area contributed by atoms with Gasteiger partial charge < -0.3 is 19.6 Å². The molecule has 0 N–H and O–H groups in total. The Morgan fingerprint density at radius 2 is 1.06 bits per heavy atom. The summed E-state index contributed by atoms with van der Waals surface area (Å²) in [5.74, 6) is -0.241. The van der Waals surface area contributed by atoms with E-state index in [1.165, 1.54) is 50.7 Å². The molecular weight excluding hydrogens is 828 g/mol. The van der Waals surface area contributed by atoms with E-state index in [4.69, 9.17) is 9.97 Å². The molecule has 4 saturated heterocycles. The van der Waals surface area contributed by atoms with Crippen molar-refractivity contribution in [2.45, 2.75) is 46.2 Å². The van der Waals surface area contributed by atoms with Crippen LogP contribution in [0.4, 0.5) is 15.8 Å². The molecule has 4 fully saturated rings. The number of fused-ring (bicyclic) bond motifs is 4. The van der Waals surface area contributed by atoms with Crippen molar-refractivity contribution in [3.63, 3.8) is 0 Å². The number of hydrogen-bond donors (Lipinski definition) is 0. The summed E-state index contributed by atoms with van der Waals surface area (Å²) in [6.07, 6.45) is 17.9. The molecule has 0 amide bonds. The maximum Gasteiger partial charge on any atom is 0.162 e. The van der Waals surface area contributed by atoms with Crippen molar-refractivity contribution in [1.82, 2.24) is 58.8 Å². The van der Waals surface area contributed by atoms with Crippen LogP contribution >= 0.6 is 0 Å². The average Bonchev–Trinajstić information content (AvgIpc) is 3.94. The van der Waals surface area contributed by atoms with Gasteiger partial charge in [-0.15, -0.1) is 0 Å². The summed E-state index contributed by atoms with van der Waals surface area (Å²) in [4.78, 5) is 33.4. The monoisotopic (exact) mass is 889 g/mol. The molecule has 0 atom stereocenters. The molecular formula is C51H61FN14. The second kappa shape index (κ2) is 18.3. The zero-order valence-electron chi connectivity index (χ0n) is 37.9. The molecule has 10 heterocycles. The molecule has 0 aliphatic carbocycles. The molecule has 66 heavy (non-hydrogen) atoms. The first kappa shape index (κ1) is 43.7. The predicted octanol–water partition coefficient (Wildman–Crippen LogP) is 6.93. The lowest BCUT2D eigenvalue weighted by Gasteiger charge is -2.48. The number of aromatic nitrogens is 8. The summed E-state index contributed by atoms with van der Waals surface area (Å²) in [6.45, 7) is 17.5. The molecule has 2 aromatic carbocycles. The van der Waals surface area contributed by atoms with Gasteiger partial charge >= 0.3 is 0 Å². The number of anilines is 2. The fraction of sp³-hybridized carbons (Fsp3) is 0.412. The van der Waals surface area contributed by atoms with Crippen LogP contribution in [0.15, 0.2) is 92.0 Å². The number of rotatable bonds is 6. The minimum absolute atomic E-state index is 0. The topological polar surface area (TPSA) is 106 Å². The molecule has 0 radical (unpaired) electrons. The standard InChI is InChI=1S/C26H31N7.C24H26FN7.CH4/c1-19-3-4-25-23(15-19)22(5-8-27-25)24-17-29-33-18-21(16-28-26(24)33)31-9-6-20(7-10-31)32-13-11-30(2)12-14-32;1-16-9-20-19(3-4-26-23(20)10-22(16)25)21-12-28-32-15-17(11-27-24(21)32)31-13-18(14-31)30-7-5-29(2)6-8-30;/h3-5,8,15-18,20H,6-7,9-14H2,1-2H3;3-4,9-12,15,18H,5-8,13-14H2,1-2H3;1H4. The minimum Gasteiger partial charge on any atom is -0.369 e. The Morgan fingerprint density at radius 3 is 1.65 bits per heavy atom. The average molecular weight is 889 g/mol. The molecule has 0 unspecified atom stereocenters.